The van der Waals surface area contributed by atoms with Gasteiger partial charge in [-0.1, -0.05) is 6.08 Å². The molecule has 0 aliphatic carbocycles. The maximum atomic E-state index is 13.4. The lowest BCUT2D eigenvalue weighted by molar-refractivity contribution is -0.513. The molecule has 0 aliphatic heterocycles. The second kappa shape index (κ2) is 9.23. The van der Waals surface area contributed by atoms with E-state index in [1.807, 2.05) is 0 Å². The SMILES string of the molecule is C=CCCCCOCC(F)(F)C(F)(F)C(F)(F)OC(F)(F)C(F)(F)C(F)(F)C(F)(F)F. The monoisotopic (exact) mass is 498 g/mol. The van der Waals surface area contributed by atoms with Gasteiger partial charge in [0.2, 0.25) is 0 Å². The molecule has 2 nitrogen and oxygen atoms in total. The second-order valence-corrected chi connectivity index (χ2v) is 5.90. The normalized spacial score (nSPS) is 15.3. The Morgan fingerprint density at radius 1 is 0.613 bits per heavy atom. The molecule has 0 fully saturated rings. The van der Waals surface area contributed by atoms with Crippen molar-refractivity contribution in [2.45, 2.75) is 61.3 Å². The molecular formula is C14H13F15O2. The first kappa shape index (κ1) is 29.6. The quantitative estimate of drug-likeness (QED) is 0.161. The highest BCUT2D eigenvalue weighted by atomic mass is 19.4. The molecule has 17 heteroatoms. The van der Waals surface area contributed by atoms with E-state index in [9.17, 15) is 65.9 Å². The maximum Gasteiger partial charge on any atom is 0.460 e. The van der Waals surface area contributed by atoms with Crippen molar-refractivity contribution in [3.8, 4) is 0 Å². The van der Waals surface area contributed by atoms with E-state index in [2.05, 4.69) is 11.3 Å². The van der Waals surface area contributed by atoms with Crippen molar-refractivity contribution in [1.29, 1.82) is 0 Å². The predicted octanol–water partition coefficient (Wildman–Crippen LogP) is 6.67. The topological polar surface area (TPSA) is 18.5 Å². The van der Waals surface area contributed by atoms with Crippen LogP contribution in [0.5, 0.6) is 0 Å². The smallest absolute Gasteiger partial charge is 0.375 e. The van der Waals surface area contributed by atoms with E-state index in [4.69, 9.17) is 0 Å². The number of rotatable bonds is 13. The lowest BCUT2D eigenvalue weighted by Gasteiger charge is -2.37. The first-order chi connectivity index (χ1) is 13.5. The fourth-order valence-electron chi connectivity index (χ4n) is 1.65. The van der Waals surface area contributed by atoms with E-state index in [0.29, 0.717) is 6.42 Å². The third-order valence-electron chi connectivity index (χ3n) is 3.43. The van der Waals surface area contributed by atoms with Crippen molar-refractivity contribution in [1.82, 2.24) is 0 Å². The van der Waals surface area contributed by atoms with Gasteiger partial charge in [0.1, 0.15) is 6.61 Å². The van der Waals surface area contributed by atoms with Gasteiger partial charge in [-0.15, -0.1) is 6.58 Å². The fraction of sp³-hybridized carbons (Fsp3) is 0.857. The van der Waals surface area contributed by atoms with Gasteiger partial charge >= 0.3 is 42.1 Å². The molecule has 0 radical (unpaired) electrons. The van der Waals surface area contributed by atoms with Crippen LogP contribution in [0.1, 0.15) is 19.3 Å². The van der Waals surface area contributed by atoms with E-state index in [0.717, 1.165) is 0 Å². The van der Waals surface area contributed by atoms with Crippen LogP contribution in [0.15, 0.2) is 12.7 Å². The Hall–Kier alpha value is -1.39. The number of allylic oxidation sites excluding steroid dienone is 1. The summed E-state index contributed by atoms with van der Waals surface area (Å²) in [5.74, 6) is -28.9. The van der Waals surface area contributed by atoms with Crippen LogP contribution in [0, 0.1) is 0 Å². The van der Waals surface area contributed by atoms with Crippen LogP contribution in [0.3, 0.4) is 0 Å². The van der Waals surface area contributed by atoms with Crippen LogP contribution in [0.4, 0.5) is 65.9 Å². The summed E-state index contributed by atoms with van der Waals surface area (Å²) in [6.45, 7) is -0.0569. The molecule has 0 aromatic rings. The molecule has 0 saturated carbocycles. The van der Waals surface area contributed by atoms with Gasteiger partial charge in [-0.05, 0) is 19.3 Å². The van der Waals surface area contributed by atoms with Crippen molar-refractivity contribution in [3.63, 3.8) is 0 Å². The molecule has 0 rings (SSSR count). The summed E-state index contributed by atoms with van der Waals surface area (Å²) < 4.78 is 198. The lowest BCUT2D eigenvalue weighted by atomic mass is 10.1. The highest BCUT2D eigenvalue weighted by Crippen LogP contribution is 2.56. The number of unbranched alkanes of at least 4 members (excludes halogenated alkanes) is 2. The third kappa shape index (κ3) is 5.90. The van der Waals surface area contributed by atoms with Crippen LogP contribution >= 0.6 is 0 Å². The minimum atomic E-state index is -7.89. The average molecular weight is 498 g/mol. The van der Waals surface area contributed by atoms with E-state index in [1.165, 1.54) is 10.8 Å². The molecular weight excluding hydrogens is 485 g/mol. The average Bonchev–Trinajstić information content (AvgIpc) is 2.55. The Morgan fingerprint density at radius 3 is 1.48 bits per heavy atom. The summed E-state index contributed by atoms with van der Waals surface area (Å²) in [5.41, 5.74) is 0. The number of ether oxygens (including phenoxy) is 2. The zero-order chi connectivity index (χ0) is 25.2. The molecule has 0 aliphatic rings. The van der Waals surface area contributed by atoms with Crippen LogP contribution in [-0.2, 0) is 9.47 Å². The Labute approximate surface area is 164 Å². The molecule has 186 valence electrons. The van der Waals surface area contributed by atoms with E-state index in [-0.39, 0.29) is 12.8 Å². The number of hydrogen-bond acceptors (Lipinski definition) is 2. The van der Waals surface area contributed by atoms with Gasteiger partial charge in [-0.2, -0.15) is 65.9 Å². The standard InChI is InChI=1S/C14H13F15O2/c1-2-3-4-5-6-30-7-8(15,16)9(17,18)13(26,27)31-14(28,29)11(21,22)10(19,20)12(23,24)25/h2H,1,3-7H2. The van der Waals surface area contributed by atoms with E-state index >= 15 is 0 Å². The molecule has 0 saturated heterocycles. The van der Waals surface area contributed by atoms with Gasteiger partial charge in [-0.25, -0.2) is 4.74 Å². The summed E-state index contributed by atoms with van der Waals surface area (Å²) in [4.78, 5) is 0. The minimum Gasteiger partial charge on any atom is -0.375 e. The first-order valence-corrected chi connectivity index (χ1v) is 7.74. The number of hydrogen-bond donors (Lipinski definition) is 0. The highest BCUT2D eigenvalue weighted by molar-refractivity contribution is 4.99. The van der Waals surface area contributed by atoms with E-state index in [1.54, 1.807) is 0 Å². The largest absolute Gasteiger partial charge is 0.460 e. The van der Waals surface area contributed by atoms with E-state index < -0.39 is 55.3 Å². The van der Waals surface area contributed by atoms with Gasteiger partial charge in [0.05, 0.1) is 0 Å². The molecule has 0 aromatic carbocycles. The van der Waals surface area contributed by atoms with Crippen LogP contribution in [0.25, 0.3) is 0 Å². The summed E-state index contributed by atoms with van der Waals surface area (Å²) in [6, 6.07) is 0. The van der Waals surface area contributed by atoms with Crippen molar-refractivity contribution < 1.29 is 75.3 Å². The highest BCUT2D eigenvalue weighted by Gasteiger charge is 2.86. The molecule has 0 spiro atoms. The van der Waals surface area contributed by atoms with Gasteiger partial charge in [0, 0.05) is 6.61 Å². The Kier molecular flexibility index (Phi) is 8.82. The third-order valence-corrected chi connectivity index (χ3v) is 3.43. The Morgan fingerprint density at radius 2 is 1.06 bits per heavy atom. The summed E-state index contributed by atoms with van der Waals surface area (Å²) in [6.07, 6.45) is -20.7. The molecule has 0 unspecified atom stereocenters. The van der Waals surface area contributed by atoms with Crippen molar-refractivity contribution in [2.75, 3.05) is 13.2 Å². The molecule has 0 amide bonds. The minimum absolute atomic E-state index is 0.0859. The van der Waals surface area contributed by atoms with Gasteiger partial charge in [0.25, 0.3) is 0 Å². The molecule has 0 heterocycles. The molecule has 31 heavy (non-hydrogen) atoms. The maximum absolute atomic E-state index is 13.4. The van der Waals surface area contributed by atoms with Gasteiger partial charge in [-0.3, -0.25) is 0 Å². The summed E-state index contributed by atoms with van der Waals surface area (Å²) in [5, 5.41) is 0. The number of alkyl halides is 15. The summed E-state index contributed by atoms with van der Waals surface area (Å²) >= 11 is 0. The van der Waals surface area contributed by atoms with Crippen LogP contribution in [0.2, 0.25) is 0 Å². The molecule has 0 aromatic heterocycles. The van der Waals surface area contributed by atoms with Gasteiger partial charge in [0.15, 0.2) is 0 Å². The van der Waals surface area contributed by atoms with Crippen molar-refractivity contribution in [3.05, 3.63) is 12.7 Å². The zero-order valence-corrected chi connectivity index (χ0v) is 14.8. The predicted molar refractivity (Wildman–Crippen MR) is 71.7 cm³/mol. The zero-order valence-electron chi connectivity index (χ0n) is 14.8. The van der Waals surface area contributed by atoms with Gasteiger partial charge < -0.3 is 4.74 Å². The van der Waals surface area contributed by atoms with Crippen molar-refractivity contribution in [2.24, 2.45) is 0 Å². The Balaban J connectivity index is 5.60. The number of halogens is 15. The van der Waals surface area contributed by atoms with Crippen LogP contribution in [-0.4, -0.2) is 55.3 Å². The Bertz CT molecular complexity index is 597. The molecule has 0 N–H and O–H groups in total. The molecule has 0 atom stereocenters. The van der Waals surface area contributed by atoms with Crippen molar-refractivity contribution >= 4 is 0 Å². The van der Waals surface area contributed by atoms with Crippen LogP contribution < -0.4 is 0 Å². The summed E-state index contributed by atoms with van der Waals surface area (Å²) in [7, 11) is 0. The first-order valence-electron chi connectivity index (χ1n) is 7.74. The second-order valence-electron chi connectivity index (χ2n) is 5.90. The lowest BCUT2D eigenvalue weighted by Crippen LogP contribution is -2.66. The fourth-order valence-corrected chi connectivity index (χ4v) is 1.65. The molecule has 0 bridgehead atoms.